The van der Waals surface area contributed by atoms with Crippen molar-refractivity contribution < 1.29 is 9.18 Å². The first-order chi connectivity index (χ1) is 12.0. The van der Waals surface area contributed by atoms with Gasteiger partial charge in [0.25, 0.3) is 0 Å². The lowest BCUT2D eigenvalue weighted by atomic mass is 10.1. The van der Waals surface area contributed by atoms with Crippen molar-refractivity contribution in [3.05, 3.63) is 76.8 Å². The Morgan fingerprint density at radius 1 is 1.12 bits per heavy atom. The van der Waals surface area contributed by atoms with Crippen molar-refractivity contribution >= 4 is 23.3 Å². The molecule has 0 spiro atoms. The largest absolute Gasteiger partial charge is 0.309 e. The number of aromatic nitrogens is 2. The Morgan fingerprint density at radius 2 is 1.80 bits per heavy atom. The van der Waals surface area contributed by atoms with E-state index < -0.39 is 0 Å². The highest BCUT2D eigenvalue weighted by Crippen LogP contribution is 2.20. The second-order valence-electron chi connectivity index (χ2n) is 5.55. The van der Waals surface area contributed by atoms with Gasteiger partial charge >= 0.3 is 0 Å². The summed E-state index contributed by atoms with van der Waals surface area (Å²) in [4.78, 5) is 20.8. The van der Waals surface area contributed by atoms with Crippen molar-refractivity contribution in [2.24, 2.45) is 0 Å². The average molecular weight is 356 g/mol. The number of carbonyl (C=O) groups excluding carboxylic acids is 1. The number of nitrogens with zero attached hydrogens (tertiary/aromatic N) is 2. The third-order valence-electron chi connectivity index (χ3n) is 3.62. The second kappa shape index (κ2) is 7.40. The third-order valence-corrected chi connectivity index (χ3v) is 3.87. The highest BCUT2D eigenvalue weighted by atomic mass is 35.5. The lowest BCUT2D eigenvalue weighted by Gasteiger charge is -2.09. The van der Waals surface area contributed by atoms with E-state index in [1.54, 1.807) is 49.5 Å². The Hall–Kier alpha value is -2.79. The number of halogens is 2. The molecule has 0 aliphatic rings. The lowest BCUT2D eigenvalue weighted by molar-refractivity contribution is -0.115. The molecule has 3 aromatic rings. The van der Waals surface area contributed by atoms with Crippen molar-refractivity contribution in [1.29, 1.82) is 0 Å². The number of rotatable bonds is 4. The first-order valence-electron chi connectivity index (χ1n) is 7.65. The van der Waals surface area contributed by atoms with E-state index in [9.17, 15) is 9.18 Å². The Bertz CT molecular complexity index is 896. The highest BCUT2D eigenvalue weighted by Gasteiger charge is 2.10. The molecule has 126 valence electrons. The molecule has 0 bridgehead atoms. The van der Waals surface area contributed by atoms with Crippen LogP contribution in [-0.4, -0.2) is 15.9 Å². The molecule has 0 aliphatic heterocycles. The number of hydrogen-bond acceptors (Lipinski definition) is 3. The predicted octanol–water partition coefficient (Wildman–Crippen LogP) is 4.43. The molecule has 1 aromatic heterocycles. The van der Waals surface area contributed by atoms with E-state index in [-0.39, 0.29) is 18.1 Å². The SMILES string of the molecule is Cc1nc(-c2ccc(F)cc2)cnc1NC(=O)Cc1ccc(Cl)cc1. The van der Waals surface area contributed by atoms with Crippen molar-refractivity contribution in [3.63, 3.8) is 0 Å². The summed E-state index contributed by atoms with van der Waals surface area (Å²) in [5.41, 5.74) is 2.82. The Balaban J connectivity index is 1.71. The zero-order valence-corrected chi connectivity index (χ0v) is 14.2. The van der Waals surface area contributed by atoms with E-state index in [0.29, 0.717) is 22.2 Å². The van der Waals surface area contributed by atoms with Crippen LogP contribution in [0, 0.1) is 12.7 Å². The molecule has 6 heteroatoms. The van der Waals surface area contributed by atoms with Crippen LogP contribution in [0.3, 0.4) is 0 Å². The molecule has 0 aliphatic carbocycles. The van der Waals surface area contributed by atoms with Crippen LogP contribution in [0.5, 0.6) is 0 Å². The molecule has 25 heavy (non-hydrogen) atoms. The van der Waals surface area contributed by atoms with Crippen LogP contribution < -0.4 is 5.32 Å². The molecule has 3 rings (SSSR count). The number of carbonyl (C=O) groups is 1. The molecule has 2 aromatic carbocycles. The van der Waals surface area contributed by atoms with E-state index in [0.717, 1.165) is 11.1 Å². The van der Waals surface area contributed by atoms with Gasteiger partial charge in [-0.15, -0.1) is 0 Å². The number of anilines is 1. The Kier molecular flexibility index (Phi) is 5.05. The normalized spacial score (nSPS) is 10.5. The molecule has 0 saturated carbocycles. The van der Waals surface area contributed by atoms with Gasteiger partial charge in [0.2, 0.25) is 5.91 Å². The summed E-state index contributed by atoms with van der Waals surface area (Å²) in [5.74, 6) is -0.0846. The van der Waals surface area contributed by atoms with Gasteiger partial charge < -0.3 is 5.32 Å². The second-order valence-corrected chi connectivity index (χ2v) is 5.98. The Labute approximate surface area is 149 Å². The standard InChI is InChI=1S/C19H15ClFN3O/c1-12-19(24-18(25)10-13-2-6-15(20)7-3-13)22-11-17(23-12)14-4-8-16(21)9-5-14/h2-9,11H,10H2,1H3,(H,22,24,25). The number of nitrogens with one attached hydrogen (secondary N) is 1. The molecule has 1 N–H and O–H groups in total. The minimum Gasteiger partial charge on any atom is -0.309 e. The molecule has 0 fully saturated rings. The quantitative estimate of drug-likeness (QED) is 0.753. The number of amides is 1. The molecular formula is C19H15ClFN3O. The molecule has 0 atom stereocenters. The van der Waals surface area contributed by atoms with Gasteiger partial charge in [0, 0.05) is 10.6 Å². The molecule has 1 heterocycles. The van der Waals surface area contributed by atoms with Gasteiger partial charge in [0.15, 0.2) is 5.82 Å². The molecule has 0 saturated heterocycles. The molecule has 0 radical (unpaired) electrons. The number of aryl methyl sites for hydroxylation is 1. The zero-order chi connectivity index (χ0) is 17.8. The molecule has 4 nitrogen and oxygen atoms in total. The number of benzene rings is 2. The van der Waals surface area contributed by atoms with Crippen LogP contribution >= 0.6 is 11.6 Å². The summed E-state index contributed by atoms with van der Waals surface area (Å²) in [6, 6.07) is 13.1. The minimum atomic E-state index is -0.306. The van der Waals surface area contributed by atoms with Crippen LogP contribution in [0.1, 0.15) is 11.3 Å². The van der Waals surface area contributed by atoms with Crippen LogP contribution in [0.25, 0.3) is 11.3 Å². The highest BCUT2D eigenvalue weighted by molar-refractivity contribution is 6.30. The Morgan fingerprint density at radius 3 is 2.44 bits per heavy atom. The van der Waals surface area contributed by atoms with Gasteiger partial charge in [-0.05, 0) is 48.9 Å². The molecule has 0 unspecified atom stereocenters. The number of hydrogen-bond donors (Lipinski definition) is 1. The summed E-state index contributed by atoms with van der Waals surface area (Å²) >= 11 is 5.83. The van der Waals surface area contributed by atoms with E-state index in [1.165, 1.54) is 12.1 Å². The summed E-state index contributed by atoms with van der Waals surface area (Å²) in [7, 11) is 0. The maximum Gasteiger partial charge on any atom is 0.229 e. The summed E-state index contributed by atoms with van der Waals surface area (Å²) in [6.45, 7) is 1.76. The lowest BCUT2D eigenvalue weighted by Crippen LogP contribution is -2.16. The minimum absolute atomic E-state index is 0.186. The summed E-state index contributed by atoms with van der Waals surface area (Å²) in [6.07, 6.45) is 1.77. The summed E-state index contributed by atoms with van der Waals surface area (Å²) < 4.78 is 13.0. The van der Waals surface area contributed by atoms with Crippen LogP contribution in [0.4, 0.5) is 10.2 Å². The van der Waals surface area contributed by atoms with Crippen LogP contribution in [-0.2, 0) is 11.2 Å². The van der Waals surface area contributed by atoms with Gasteiger partial charge in [-0.1, -0.05) is 23.7 Å². The van der Waals surface area contributed by atoms with Crippen LogP contribution in [0.2, 0.25) is 5.02 Å². The van der Waals surface area contributed by atoms with Gasteiger partial charge in [-0.3, -0.25) is 4.79 Å². The van der Waals surface area contributed by atoms with Gasteiger partial charge in [0.1, 0.15) is 5.82 Å². The average Bonchev–Trinajstić information content (AvgIpc) is 2.59. The van der Waals surface area contributed by atoms with Crippen molar-refractivity contribution in [1.82, 2.24) is 9.97 Å². The maximum atomic E-state index is 13.0. The van der Waals surface area contributed by atoms with Gasteiger partial charge in [0.05, 0.1) is 24.0 Å². The fourth-order valence-electron chi connectivity index (χ4n) is 2.33. The van der Waals surface area contributed by atoms with Gasteiger partial charge in [-0.25, -0.2) is 14.4 Å². The van der Waals surface area contributed by atoms with Crippen molar-refractivity contribution in [2.75, 3.05) is 5.32 Å². The van der Waals surface area contributed by atoms with Crippen molar-refractivity contribution in [3.8, 4) is 11.3 Å². The fraction of sp³-hybridized carbons (Fsp3) is 0.105. The smallest absolute Gasteiger partial charge is 0.229 e. The maximum absolute atomic E-state index is 13.0. The van der Waals surface area contributed by atoms with E-state index in [4.69, 9.17) is 11.6 Å². The monoisotopic (exact) mass is 355 g/mol. The third kappa shape index (κ3) is 4.39. The topological polar surface area (TPSA) is 54.9 Å². The zero-order valence-electron chi connectivity index (χ0n) is 13.5. The van der Waals surface area contributed by atoms with Crippen molar-refractivity contribution in [2.45, 2.75) is 13.3 Å². The predicted molar refractivity (Wildman–Crippen MR) is 95.9 cm³/mol. The first kappa shape index (κ1) is 17.0. The van der Waals surface area contributed by atoms with E-state index in [1.807, 2.05) is 0 Å². The van der Waals surface area contributed by atoms with Gasteiger partial charge in [-0.2, -0.15) is 0 Å². The van der Waals surface area contributed by atoms with E-state index >= 15 is 0 Å². The fourth-order valence-corrected chi connectivity index (χ4v) is 2.45. The first-order valence-corrected chi connectivity index (χ1v) is 8.03. The molecule has 1 amide bonds. The van der Waals surface area contributed by atoms with Crippen LogP contribution in [0.15, 0.2) is 54.7 Å². The van der Waals surface area contributed by atoms with E-state index in [2.05, 4.69) is 15.3 Å². The summed E-state index contributed by atoms with van der Waals surface area (Å²) in [5, 5.41) is 3.38. The molecular weight excluding hydrogens is 341 g/mol.